The van der Waals surface area contributed by atoms with E-state index in [1.807, 2.05) is 0 Å². The lowest BCUT2D eigenvalue weighted by Crippen LogP contribution is -2.45. The molecule has 8 heteroatoms. The molecule has 1 atom stereocenters. The molecule has 0 aliphatic carbocycles. The summed E-state index contributed by atoms with van der Waals surface area (Å²) in [5, 5.41) is 5.36. The fraction of sp³-hybridized carbons (Fsp3) is 0.550. The minimum atomic E-state index is -1.96. The van der Waals surface area contributed by atoms with Crippen molar-refractivity contribution in [3.8, 4) is 0 Å². The van der Waals surface area contributed by atoms with E-state index in [2.05, 4.69) is 44.5 Å². The number of hydrogen-bond acceptors (Lipinski definition) is 5. The van der Waals surface area contributed by atoms with Crippen molar-refractivity contribution in [3.63, 3.8) is 0 Å². The number of amides is 2. The molecule has 0 aromatic heterocycles. The molecule has 0 saturated carbocycles. The van der Waals surface area contributed by atoms with Gasteiger partial charge < -0.3 is 19.8 Å². The number of para-hydroxylation sites is 1. The number of benzene rings is 1. The van der Waals surface area contributed by atoms with Crippen molar-refractivity contribution < 1.29 is 23.5 Å². The summed E-state index contributed by atoms with van der Waals surface area (Å²) in [6.45, 7) is 12.4. The Morgan fingerprint density at radius 2 is 1.75 bits per heavy atom. The summed E-state index contributed by atoms with van der Waals surface area (Å²) in [7, 11) is -0.681. The molecule has 0 aliphatic heterocycles. The van der Waals surface area contributed by atoms with Crippen molar-refractivity contribution >= 4 is 31.8 Å². The van der Waals surface area contributed by atoms with Crippen LogP contribution < -0.4 is 10.6 Å². The fourth-order valence-corrected chi connectivity index (χ4v) is 3.32. The number of rotatable bonds is 8. The molecule has 28 heavy (non-hydrogen) atoms. The average Bonchev–Trinajstić information content (AvgIpc) is 2.58. The van der Waals surface area contributed by atoms with Crippen LogP contribution in [0.5, 0.6) is 0 Å². The maximum Gasteiger partial charge on any atom is 0.328 e. The fourth-order valence-electron chi connectivity index (χ4n) is 2.26. The van der Waals surface area contributed by atoms with Crippen LogP contribution in [0.3, 0.4) is 0 Å². The monoisotopic (exact) mass is 408 g/mol. The van der Waals surface area contributed by atoms with Gasteiger partial charge in [-0.15, -0.1) is 0 Å². The van der Waals surface area contributed by atoms with E-state index in [9.17, 15) is 14.4 Å². The van der Waals surface area contributed by atoms with Gasteiger partial charge in [0, 0.05) is 20.0 Å². The second-order valence-electron chi connectivity index (χ2n) is 8.17. The lowest BCUT2D eigenvalue weighted by atomic mass is 10.1. The summed E-state index contributed by atoms with van der Waals surface area (Å²) in [4.78, 5) is 36.2. The van der Waals surface area contributed by atoms with Gasteiger partial charge in [0.15, 0.2) is 8.32 Å². The molecule has 1 aromatic carbocycles. The Balaban J connectivity index is 2.86. The molecule has 1 rings (SSSR count). The topological polar surface area (TPSA) is 93.7 Å². The predicted molar refractivity (Wildman–Crippen MR) is 112 cm³/mol. The van der Waals surface area contributed by atoms with Gasteiger partial charge in [0.2, 0.25) is 5.91 Å². The lowest BCUT2D eigenvalue weighted by molar-refractivity contribution is -0.143. The highest BCUT2D eigenvalue weighted by atomic mass is 28.4. The summed E-state index contributed by atoms with van der Waals surface area (Å²) < 4.78 is 10.9. The van der Waals surface area contributed by atoms with Gasteiger partial charge in [-0.1, -0.05) is 32.9 Å². The van der Waals surface area contributed by atoms with E-state index in [1.165, 1.54) is 14.0 Å². The summed E-state index contributed by atoms with van der Waals surface area (Å²) in [5.41, 5.74) is 0.658. The molecule has 0 fully saturated rings. The van der Waals surface area contributed by atoms with E-state index < -0.39 is 26.2 Å². The van der Waals surface area contributed by atoms with Gasteiger partial charge >= 0.3 is 5.97 Å². The Hall–Kier alpha value is -2.19. The standard InChI is InChI=1S/C20H32N2O5Si/c1-14(23)21-16-11-9-8-10-15(16)18(24)22-17(19(25)26-5)12-13-27-28(6,7)20(2,3)4/h8-11,17H,12-13H2,1-7H3,(H,21,23)(H,22,24)/t17-/m0/s1. The van der Waals surface area contributed by atoms with Crippen molar-refractivity contribution in [3.05, 3.63) is 29.8 Å². The predicted octanol–water partition coefficient (Wildman–Crippen LogP) is 3.33. The van der Waals surface area contributed by atoms with Crippen LogP contribution in [0.2, 0.25) is 18.1 Å². The molecule has 0 saturated heterocycles. The third-order valence-electron chi connectivity index (χ3n) is 4.95. The molecular formula is C20H32N2O5Si. The Morgan fingerprint density at radius 1 is 1.14 bits per heavy atom. The first-order valence-corrected chi connectivity index (χ1v) is 12.2. The SMILES string of the molecule is COC(=O)[C@H](CCO[Si](C)(C)C(C)(C)C)NC(=O)c1ccccc1NC(C)=O. The highest BCUT2D eigenvalue weighted by Crippen LogP contribution is 2.36. The smallest absolute Gasteiger partial charge is 0.328 e. The van der Waals surface area contributed by atoms with Crippen LogP contribution >= 0.6 is 0 Å². The van der Waals surface area contributed by atoms with E-state index in [4.69, 9.17) is 9.16 Å². The first kappa shape index (κ1) is 23.8. The van der Waals surface area contributed by atoms with Gasteiger partial charge in [-0.2, -0.15) is 0 Å². The van der Waals surface area contributed by atoms with E-state index in [0.29, 0.717) is 18.7 Å². The van der Waals surface area contributed by atoms with Crippen molar-refractivity contribution in [2.24, 2.45) is 0 Å². The maximum absolute atomic E-state index is 12.7. The second-order valence-corrected chi connectivity index (χ2v) is 13.0. The third kappa shape index (κ3) is 6.76. The number of hydrogen-bond donors (Lipinski definition) is 2. The number of carbonyl (C=O) groups excluding carboxylic acids is 3. The normalized spacial score (nSPS) is 12.8. The maximum atomic E-state index is 12.7. The van der Waals surface area contributed by atoms with E-state index in [-0.39, 0.29) is 16.5 Å². The molecule has 1 aromatic rings. The molecule has 0 aliphatic rings. The highest BCUT2D eigenvalue weighted by molar-refractivity contribution is 6.74. The second kappa shape index (κ2) is 9.84. The van der Waals surface area contributed by atoms with Crippen molar-refractivity contribution in [1.82, 2.24) is 5.32 Å². The summed E-state index contributed by atoms with van der Waals surface area (Å²) in [6, 6.07) is 5.78. The highest BCUT2D eigenvalue weighted by Gasteiger charge is 2.37. The molecule has 0 bridgehead atoms. The van der Waals surface area contributed by atoms with Crippen LogP contribution in [0.4, 0.5) is 5.69 Å². The molecule has 0 unspecified atom stereocenters. The zero-order chi connectivity index (χ0) is 21.5. The van der Waals surface area contributed by atoms with Gasteiger partial charge in [-0.05, 0) is 30.3 Å². The van der Waals surface area contributed by atoms with Gasteiger partial charge in [-0.25, -0.2) is 4.79 Å². The zero-order valence-electron chi connectivity index (χ0n) is 17.8. The van der Waals surface area contributed by atoms with Gasteiger partial charge in [-0.3, -0.25) is 9.59 Å². The summed E-state index contributed by atoms with van der Waals surface area (Å²) >= 11 is 0. The van der Waals surface area contributed by atoms with E-state index in [1.54, 1.807) is 24.3 Å². The minimum Gasteiger partial charge on any atom is -0.467 e. The molecule has 7 nitrogen and oxygen atoms in total. The number of ether oxygens (including phenoxy) is 1. The van der Waals surface area contributed by atoms with E-state index in [0.717, 1.165) is 0 Å². The van der Waals surface area contributed by atoms with Gasteiger partial charge in [0.1, 0.15) is 6.04 Å². The lowest BCUT2D eigenvalue weighted by Gasteiger charge is -2.36. The largest absolute Gasteiger partial charge is 0.467 e. The first-order chi connectivity index (χ1) is 12.9. The number of nitrogens with one attached hydrogen (secondary N) is 2. The quantitative estimate of drug-likeness (QED) is 0.508. The van der Waals surface area contributed by atoms with Crippen LogP contribution in [-0.4, -0.2) is 45.9 Å². The third-order valence-corrected chi connectivity index (χ3v) is 9.49. The Kier molecular flexibility index (Phi) is 8.38. The number of carbonyl (C=O) groups is 3. The van der Waals surface area contributed by atoms with Gasteiger partial charge in [0.05, 0.1) is 18.4 Å². The molecular weight excluding hydrogens is 376 g/mol. The molecule has 2 N–H and O–H groups in total. The van der Waals surface area contributed by atoms with Gasteiger partial charge in [0.25, 0.3) is 5.91 Å². The van der Waals surface area contributed by atoms with Crippen LogP contribution in [0, 0.1) is 0 Å². The summed E-state index contributed by atoms with van der Waals surface area (Å²) in [5.74, 6) is -1.29. The molecule has 0 heterocycles. The number of anilines is 1. The van der Waals surface area contributed by atoms with Crippen LogP contribution in [0.15, 0.2) is 24.3 Å². The van der Waals surface area contributed by atoms with Crippen LogP contribution in [0.25, 0.3) is 0 Å². The van der Waals surface area contributed by atoms with Crippen molar-refractivity contribution in [2.75, 3.05) is 19.0 Å². The molecule has 0 spiro atoms. The van der Waals surface area contributed by atoms with Crippen LogP contribution in [0.1, 0.15) is 44.5 Å². The average molecular weight is 409 g/mol. The first-order valence-electron chi connectivity index (χ1n) is 9.28. The number of methoxy groups -OCH3 is 1. The summed E-state index contributed by atoms with van der Waals surface area (Å²) in [6.07, 6.45) is 0.299. The van der Waals surface area contributed by atoms with Crippen LogP contribution in [-0.2, 0) is 18.8 Å². The van der Waals surface area contributed by atoms with Crippen molar-refractivity contribution in [1.29, 1.82) is 0 Å². The molecule has 0 radical (unpaired) electrons. The van der Waals surface area contributed by atoms with Crippen molar-refractivity contribution in [2.45, 2.75) is 58.3 Å². The molecule has 2 amide bonds. The van der Waals surface area contributed by atoms with E-state index >= 15 is 0 Å². The Morgan fingerprint density at radius 3 is 2.29 bits per heavy atom. The zero-order valence-corrected chi connectivity index (χ0v) is 18.8. The minimum absolute atomic E-state index is 0.0499. The number of esters is 1. The Labute approximate surface area is 168 Å². The molecule has 156 valence electrons. The Bertz CT molecular complexity index is 713.